The standard InChI is InChI=1S/C24H22F3NO5S/c25-24(26,27)18-13-15(2-6-22(29)28-9-7-16(8-10-28)23(30)31)1-5-21(18)34-17-3-4-19-20(14-17)33-12-11-32-19/h1-6,13-14,16H,7-12H2,(H,30,31)/b6-2+. The van der Waals surface area contributed by atoms with Crippen molar-refractivity contribution in [1.82, 2.24) is 4.90 Å². The van der Waals surface area contributed by atoms with Gasteiger partial charge in [0.15, 0.2) is 11.5 Å². The van der Waals surface area contributed by atoms with Gasteiger partial charge < -0.3 is 19.5 Å². The van der Waals surface area contributed by atoms with Gasteiger partial charge in [0.1, 0.15) is 13.2 Å². The first-order chi connectivity index (χ1) is 16.2. The lowest BCUT2D eigenvalue weighted by Crippen LogP contribution is -2.39. The second kappa shape index (κ2) is 10.0. The molecule has 180 valence electrons. The average Bonchev–Trinajstić information content (AvgIpc) is 2.82. The van der Waals surface area contributed by atoms with Gasteiger partial charge in [0.25, 0.3) is 0 Å². The smallest absolute Gasteiger partial charge is 0.417 e. The van der Waals surface area contributed by atoms with Gasteiger partial charge in [-0.15, -0.1) is 0 Å². The van der Waals surface area contributed by atoms with Crippen LogP contribution in [0.4, 0.5) is 13.2 Å². The molecule has 2 heterocycles. The Kier molecular flexibility index (Phi) is 7.06. The highest BCUT2D eigenvalue weighted by molar-refractivity contribution is 7.99. The number of nitrogens with zero attached hydrogens (tertiary/aromatic N) is 1. The molecule has 10 heteroatoms. The highest BCUT2D eigenvalue weighted by Gasteiger charge is 2.34. The molecule has 1 fully saturated rings. The maximum atomic E-state index is 13.8. The number of rotatable bonds is 5. The number of hydrogen-bond acceptors (Lipinski definition) is 5. The molecule has 0 aliphatic carbocycles. The number of halogens is 3. The van der Waals surface area contributed by atoms with Gasteiger partial charge >= 0.3 is 12.1 Å². The molecule has 2 aliphatic heterocycles. The summed E-state index contributed by atoms with van der Waals surface area (Å²) in [7, 11) is 0. The molecule has 1 N–H and O–H groups in total. The van der Waals surface area contributed by atoms with Gasteiger partial charge in [-0.05, 0) is 54.8 Å². The van der Waals surface area contributed by atoms with Crippen molar-refractivity contribution in [1.29, 1.82) is 0 Å². The summed E-state index contributed by atoms with van der Waals surface area (Å²) in [5, 5.41) is 9.05. The van der Waals surface area contributed by atoms with Gasteiger partial charge in [0.2, 0.25) is 5.91 Å². The van der Waals surface area contributed by atoms with Crippen LogP contribution < -0.4 is 9.47 Å². The third kappa shape index (κ3) is 5.67. The van der Waals surface area contributed by atoms with Crippen molar-refractivity contribution in [2.75, 3.05) is 26.3 Å². The number of fused-ring (bicyclic) bond motifs is 1. The molecule has 0 bridgehead atoms. The second-order valence-corrected chi connectivity index (χ2v) is 9.05. The third-order valence-electron chi connectivity index (χ3n) is 5.62. The van der Waals surface area contributed by atoms with Gasteiger partial charge in [-0.25, -0.2) is 0 Å². The number of piperidine rings is 1. The molecule has 4 rings (SSSR count). The summed E-state index contributed by atoms with van der Waals surface area (Å²) >= 11 is 0.969. The van der Waals surface area contributed by atoms with Gasteiger partial charge in [-0.3, -0.25) is 9.59 Å². The number of carboxylic acids is 1. The van der Waals surface area contributed by atoms with Crippen LogP contribution in [0.3, 0.4) is 0 Å². The van der Waals surface area contributed by atoms with Crippen LogP contribution in [-0.4, -0.2) is 48.2 Å². The van der Waals surface area contributed by atoms with E-state index in [1.165, 1.54) is 29.2 Å². The van der Waals surface area contributed by atoms with E-state index in [1.54, 1.807) is 18.2 Å². The molecule has 0 unspecified atom stereocenters. The van der Waals surface area contributed by atoms with Crippen molar-refractivity contribution in [2.24, 2.45) is 5.92 Å². The number of carbonyl (C=O) groups is 2. The minimum Gasteiger partial charge on any atom is -0.486 e. The first-order valence-corrected chi connectivity index (χ1v) is 11.5. The second-order valence-electron chi connectivity index (χ2n) is 7.93. The van der Waals surface area contributed by atoms with Crippen LogP contribution in [0.1, 0.15) is 24.0 Å². The molecular weight excluding hydrogens is 471 g/mol. The first-order valence-electron chi connectivity index (χ1n) is 10.7. The fourth-order valence-electron chi connectivity index (χ4n) is 3.80. The van der Waals surface area contributed by atoms with E-state index in [-0.39, 0.29) is 16.4 Å². The fraction of sp³-hybridized carbons (Fsp3) is 0.333. The molecule has 1 saturated heterocycles. The number of carboxylic acid groups (broad SMARTS) is 1. The molecule has 0 spiro atoms. The molecule has 2 aliphatic rings. The van der Waals surface area contributed by atoms with Gasteiger partial charge in [-0.2, -0.15) is 13.2 Å². The van der Waals surface area contributed by atoms with Gasteiger partial charge in [-0.1, -0.05) is 17.8 Å². The largest absolute Gasteiger partial charge is 0.486 e. The lowest BCUT2D eigenvalue weighted by atomic mass is 9.97. The van der Waals surface area contributed by atoms with E-state index in [1.807, 2.05) is 0 Å². The Bertz CT molecular complexity index is 1110. The third-order valence-corrected chi connectivity index (χ3v) is 6.69. The number of ether oxygens (including phenoxy) is 2. The zero-order valence-electron chi connectivity index (χ0n) is 18.0. The Labute approximate surface area is 198 Å². The van der Waals surface area contributed by atoms with Crippen molar-refractivity contribution in [3.05, 3.63) is 53.6 Å². The lowest BCUT2D eigenvalue weighted by molar-refractivity contribution is -0.145. The molecule has 6 nitrogen and oxygen atoms in total. The molecule has 0 aromatic heterocycles. The van der Waals surface area contributed by atoms with Crippen LogP contribution in [-0.2, 0) is 15.8 Å². The molecule has 1 amide bonds. The summed E-state index contributed by atoms with van der Waals surface area (Å²) in [5.74, 6) is -0.649. The fourth-order valence-corrected chi connectivity index (χ4v) is 4.77. The van der Waals surface area contributed by atoms with Gasteiger partial charge in [0, 0.05) is 29.0 Å². The molecule has 34 heavy (non-hydrogen) atoms. The number of amides is 1. The summed E-state index contributed by atoms with van der Waals surface area (Å²) in [6, 6.07) is 8.92. The van der Waals surface area contributed by atoms with Crippen molar-refractivity contribution in [2.45, 2.75) is 28.8 Å². The quantitative estimate of drug-likeness (QED) is 0.594. The number of benzene rings is 2. The van der Waals surface area contributed by atoms with Crippen LogP contribution >= 0.6 is 11.8 Å². The Morgan fingerprint density at radius 2 is 1.74 bits per heavy atom. The Hall–Kier alpha value is -3.14. The summed E-state index contributed by atoms with van der Waals surface area (Å²) in [4.78, 5) is 25.6. The highest BCUT2D eigenvalue weighted by Crippen LogP contribution is 2.42. The minimum absolute atomic E-state index is 0.0309. The molecule has 2 aromatic carbocycles. The van der Waals surface area contributed by atoms with Crippen LogP contribution in [0.5, 0.6) is 11.5 Å². The predicted octanol–water partition coefficient (Wildman–Crippen LogP) is 4.96. The molecule has 0 atom stereocenters. The van der Waals surface area contributed by atoms with E-state index in [2.05, 4.69) is 0 Å². The van der Waals surface area contributed by atoms with E-state index >= 15 is 0 Å². The van der Waals surface area contributed by atoms with E-state index in [9.17, 15) is 22.8 Å². The molecule has 2 aromatic rings. The SMILES string of the molecule is O=C(O)C1CCN(C(=O)/C=C/c2ccc(Sc3ccc4c(c3)OCCO4)c(C(F)(F)F)c2)CC1. The summed E-state index contributed by atoms with van der Waals surface area (Å²) in [5.41, 5.74) is -0.558. The number of aliphatic carboxylic acids is 1. The normalized spacial score (nSPS) is 16.6. The lowest BCUT2D eigenvalue weighted by Gasteiger charge is -2.29. The summed E-state index contributed by atoms with van der Waals surface area (Å²) in [6.45, 7) is 1.42. The first kappa shape index (κ1) is 24.0. The monoisotopic (exact) mass is 493 g/mol. The van der Waals surface area contributed by atoms with E-state index in [4.69, 9.17) is 14.6 Å². The zero-order chi connectivity index (χ0) is 24.3. The predicted molar refractivity (Wildman–Crippen MR) is 119 cm³/mol. The van der Waals surface area contributed by atoms with Crippen LogP contribution in [0.25, 0.3) is 6.08 Å². The Morgan fingerprint density at radius 3 is 2.41 bits per heavy atom. The number of alkyl halides is 3. The van der Waals surface area contributed by atoms with Crippen LogP contribution in [0.2, 0.25) is 0 Å². The maximum Gasteiger partial charge on any atom is 0.417 e. The van der Waals surface area contributed by atoms with E-state index in [0.717, 1.165) is 17.8 Å². The van der Waals surface area contributed by atoms with Crippen molar-refractivity contribution < 1.29 is 37.3 Å². The number of hydrogen-bond donors (Lipinski definition) is 1. The molecular formula is C24H22F3NO5S. The minimum atomic E-state index is -4.58. The zero-order valence-corrected chi connectivity index (χ0v) is 18.8. The number of carbonyl (C=O) groups excluding carboxylic acids is 1. The molecule has 0 radical (unpaired) electrons. The maximum absolute atomic E-state index is 13.8. The summed E-state index contributed by atoms with van der Waals surface area (Å²) in [6.07, 6.45) is -1.29. The van der Waals surface area contributed by atoms with E-state index in [0.29, 0.717) is 55.5 Å². The van der Waals surface area contributed by atoms with Crippen molar-refractivity contribution in [3.8, 4) is 11.5 Å². The average molecular weight is 494 g/mol. The van der Waals surface area contributed by atoms with Crippen molar-refractivity contribution in [3.63, 3.8) is 0 Å². The highest BCUT2D eigenvalue weighted by atomic mass is 32.2. The van der Waals surface area contributed by atoms with Gasteiger partial charge in [0.05, 0.1) is 11.5 Å². The number of likely N-dealkylation sites (tertiary alicyclic amines) is 1. The Morgan fingerprint density at radius 1 is 1.03 bits per heavy atom. The molecule has 0 saturated carbocycles. The summed E-state index contributed by atoms with van der Waals surface area (Å²) < 4.78 is 52.3. The Balaban J connectivity index is 1.49. The van der Waals surface area contributed by atoms with E-state index < -0.39 is 23.6 Å². The van der Waals surface area contributed by atoms with Crippen LogP contribution in [0, 0.1) is 5.92 Å². The van der Waals surface area contributed by atoms with Crippen molar-refractivity contribution >= 4 is 29.7 Å². The topological polar surface area (TPSA) is 76.1 Å². The van der Waals surface area contributed by atoms with Crippen LogP contribution in [0.15, 0.2) is 52.3 Å².